The van der Waals surface area contributed by atoms with Crippen LogP contribution >= 0.6 is 9.24 Å². The first-order valence-electron chi connectivity index (χ1n) is 8.75. The summed E-state index contributed by atoms with van der Waals surface area (Å²) in [6, 6.07) is 0. The smallest absolute Gasteiger partial charge is 0.0210 e. The molecule has 0 N–H and O–H groups in total. The standard InChI is InChI=1S/C18H33P/c1-12-11-14(13-5-4-6-13)7-8-15(12)16-9-10-17(19)18(16,2)3/h12-17H,4-11,19H2,1-3H3/t12?,14?,15-,16?,17?/m1/s1. The molecular weight excluding hydrogens is 247 g/mol. The highest BCUT2D eigenvalue weighted by Gasteiger charge is 2.47. The van der Waals surface area contributed by atoms with Gasteiger partial charge in [0.25, 0.3) is 0 Å². The minimum absolute atomic E-state index is 0.562. The zero-order valence-corrected chi connectivity index (χ0v) is 14.4. The first kappa shape index (κ1) is 14.4. The zero-order valence-electron chi connectivity index (χ0n) is 13.2. The van der Waals surface area contributed by atoms with E-state index < -0.39 is 0 Å². The van der Waals surface area contributed by atoms with E-state index in [1.165, 1.54) is 25.7 Å². The van der Waals surface area contributed by atoms with E-state index in [0.29, 0.717) is 5.41 Å². The van der Waals surface area contributed by atoms with Gasteiger partial charge in [0.05, 0.1) is 0 Å². The highest BCUT2D eigenvalue weighted by atomic mass is 31.0. The molecule has 0 saturated heterocycles. The molecule has 0 bridgehead atoms. The lowest BCUT2D eigenvalue weighted by Crippen LogP contribution is -2.38. The first-order valence-corrected chi connectivity index (χ1v) is 9.42. The van der Waals surface area contributed by atoms with E-state index in [4.69, 9.17) is 0 Å². The Morgan fingerprint density at radius 2 is 1.63 bits per heavy atom. The molecule has 3 aliphatic rings. The number of hydrogen-bond acceptors (Lipinski definition) is 0. The Kier molecular flexibility index (Phi) is 4.03. The molecule has 0 radical (unpaired) electrons. The fourth-order valence-electron chi connectivity index (χ4n) is 5.54. The summed E-state index contributed by atoms with van der Waals surface area (Å²) in [5.41, 5.74) is 1.42. The molecular formula is C18H33P. The van der Waals surface area contributed by atoms with Crippen molar-refractivity contribution in [1.82, 2.24) is 0 Å². The summed E-state index contributed by atoms with van der Waals surface area (Å²) >= 11 is 0. The predicted octanol–water partition coefficient (Wildman–Crippen LogP) is 5.52. The molecule has 0 spiro atoms. The van der Waals surface area contributed by atoms with Crippen LogP contribution in [-0.4, -0.2) is 5.66 Å². The second-order valence-corrected chi connectivity index (χ2v) is 9.32. The summed E-state index contributed by atoms with van der Waals surface area (Å²) in [6.07, 6.45) is 12.2. The molecule has 19 heavy (non-hydrogen) atoms. The van der Waals surface area contributed by atoms with Crippen LogP contribution in [0.5, 0.6) is 0 Å². The van der Waals surface area contributed by atoms with Gasteiger partial charge in [-0.15, -0.1) is 9.24 Å². The Morgan fingerprint density at radius 1 is 0.895 bits per heavy atom. The lowest BCUT2D eigenvalue weighted by molar-refractivity contribution is 0.0450. The summed E-state index contributed by atoms with van der Waals surface area (Å²) in [7, 11) is 3.14. The second-order valence-electron chi connectivity index (χ2n) is 8.52. The van der Waals surface area contributed by atoms with Gasteiger partial charge in [0, 0.05) is 0 Å². The highest BCUT2D eigenvalue weighted by Crippen LogP contribution is 2.56. The van der Waals surface area contributed by atoms with Gasteiger partial charge in [-0.2, -0.15) is 0 Å². The fraction of sp³-hybridized carbons (Fsp3) is 1.00. The molecule has 0 aromatic carbocycles. The maximum atomic E-state index is 3.14. The van der Waals surface area contributed by atoms with Crippen LogP contribution in [0.3, 0.4) is 0 Å². The third-order valence-electron chi connectivity index (χ3n) is 7.31. The van der Waals surface area contributed by atoms with Crippen molar-refractivity contribution in [3.8, 4) is 0 Å². The number of hydrogen-bond donors (Lipinski definition) is 0. The van der Waals surface area contributed by atoms with E-state index in [1.54, 1.807) is 25.7 Å². The van der Waals surface area contributed by atoms with Crippen LogP contribution in [0, 0.1) is 35.0 Å². The van der Waals surface area contributed by atoms with Gasteiger partial charge >= 0.3 is 0 Å². The third-order valence-corrected chi connectivity index (χ3v) is 8.50. The van der Waals surface area contributed by atoms with Crippen molar-refractivity contribution in [1.29, 1.82) is 0 Å². The predicted molar refractivity (Wildman–Crippen MR) is 87.3 cm³/mol. The molecule has 0 aliphatic heterocycles. The van der Waals surface area contributed by atoms with E-state index >= 15 is 0 Å². The second kappa shape index (κ2) is 5.32. The molecule has 110 valence electrons. The van der Waals surface area contributed by atoms with Crippen molar-refractivity contribution in [2.45, 2.75) is 77.8 Å². The summed E-state index contributed by atoms with van der Waals surface area (Å²) < 4.78 is 0. The van der Waals surface area contributed by atoms with Crippen LogP contribution in [0.1, 0.15) is 72.1 Å². The van der Waals surface area contributed by atoms with E-state index in [1.807, 2.05) is 0 Å². The van der Waals surface area contributed by atoms with Crippen LogP contribution in [0.25, 0.3) is 0 Å². The molecule has 0 nitrogen and oxygen atoms in total. The van der Waals surface area contributed by atoms with Crippen molar-refractivity contribution in [3.63, 3.8) is 0 Å². The fourth-order valence-corrected chi connectivity index (χ4v) is 5.98. The monoisotopic (exact) mass is 280 g/mol. The average molecular weight is 280 g/mol. The molecule has 3 rings (SSSR count). The molecule has 3 saturated carbocycles. The lowest BCUT2D eigenvalue weighted by Gasteiger charge is -2.46. The lowest BCUT2D eigenvalue weighted by atomic mass is 9.60. The van der Waals surface area contributed by atoms with Crippen LogP contribution in [0.15, 0.2) is 0 Å². The topological polar surface area (TPSA) is 0 Å². The van der Waals surface area contributed by atoms with Crippen LogP contribution < -0.4 is 0 Å². The van der Waals surface area contributed by atoms with Gasteiger partial charge in [0.1, 0.15) is 0 Å². The maximum Gasteiger partial charge on any atom is -0.0210 e. The Bertz CT molecular complexity index is 318. The van der Waals surface area contributed by atoms with Crippen molar-refractivity contribution < 1.29 is 0 Å². The maximum absolute atomic E-state index is 3.14. The van der Waals surface area contributed by atoms with Gasteiger partial charge in [-0.25, -0.2) is 0 Å². The highest BCUT2D eigenvalue weighted by molar-refractivity contribution is 7.17. The van der Waals surface area contributed by atoms with Gasteiger partial charge in [-0.3, -0.25) is 0 Å². The number of rotatable bonds is 2. The SMILES string of the molecule is CC1CC(C2CCC2)CC[C@H]1C1CCC(P)C1(C)C. The molecule has 5 unspecified atom stereocenters. The Labute approximate surface area is 122 Å². The minimum atomic E-state index is 0.562. The molecule has 0 amide bonds. The van der Waals surface area contributed by atoms with Crippen molar-refractivity contribution >= 4 is 9.24 Å². The zero-order chi connectivity index (χ0) is 13.6. The first-order chi connectivity index (χ1) is 9.00. The van der Waals surface area contributed by atoms with Crippen LogP contribution in [0.4, 0.5) is 0 Å². The molecule has 3 aliphatic carbocycles. The third kappa shape index (κ3) is 2.52. The summed E-state index contributed by atoms with van der Waals surface area (Å²) in [4.78, 5) is 0. The average Bonchev–Trinajstić information content (AvgIpc) is 2.53. The van der Waals surface area contributed by atoms with Crippen LogP contribution in [0.2, 0.25) is 0 Å². The van der Waals surface area contributed by atoms with Gasteiger partial charge in [-0.1, -0.05) is 40.0 Å². The van der Waals surface area contributed by atoms with Gasteiger partial charge in [-0.05, 0) is 72.8 Å². The Hall–Kier alpha value is 0.430. The summed E-state index contributed by atoms with van der Waals surface area (Å²) in [5, 5.41) is 0. The largest absolute Gasteiger partial charge is 0.134 e. The Balaban J connectivity index is 1.63. The minimum Gasteiger partial charge on any atom is -0.134 e. The van der Waals surface area contributed by atoms with Gasteiger partial charge < -0.3 is 0 Å². The molecule has 0 aromatic heterocycles. The van der Waals surface area contributed by atoms with Gasteiger partial charge in [0.15, 0.2) is 0 Å². The molecule has 1 heteroatoms. The van der Waals surface area contributed by atoms with Gasteiger partial charge in [0.2, 0.25) is 0 Å². The summed E-state index contributed by atoms with van der Waals surface area (Å²) in [5.74, 6) is 5.22. The quantitative estimate of drug-likeness (QED) is 0.584. The molecule has 6 atom stereocenters. The van der Waals surface area contributed by atoms with E-state index in [9.17, 15) is 0 Å². The van der Waals surface area contributed by atoms with E-state index in [-0.39, 0.29) is 0 Å². The normalized spacial score (nSPS) is 47.1. The molecule has 0 heterocycles. The molecule has 0 aromatic rings. The molecule has 3 fully saturated rings. The van der Waals surface area contributed by atoms with Crippen molar-refractivity contribution in [2.75, 3.05) is 0 Å². The van der Waals surface area contributed by atoms with E-state index in [2.05, 4.69) is 30.0 Å². The summed E-state index contributed by atoms with van der Waals surface area (Å²) in [6.45, 7) is 7.64. The van der Waals surface area contributed by atoms with Crippen molar-refractivity contribution in [2.24, 2.45) is 35.0 Å². The van der Waals surface area contributed by atoms with Crippen molar-refractivity contribution in [3.05, 3.63) is 0 Å². The Morgan fingerprint density at radius 3 is 2.11 bits per heavy atom. The van der Waals surface area contributed by atoms with Crippen LogP contribution in [-0.2, 0) is 0 Å². The van der Waals surface area contributed by atoms with E-state index in [0.717, 1.165) is 35.2 Å².